The molecule has 0 aromatic rings. The molecule has 0 atom stereocenters. The van der Waals surface area contributed by atoms with Gasteiger partial charge in [0, 0.05) is 11.8 Å². The van der Waals surface area contributed by atoms with E-state index in [4.69, 9.17) is 4.74 Å². The molecular weight excluding hydrogens is 264 g/mol. The van der Waals surface area contributed by atoms with Crippen molar-refractivity contribution in [2.75, 3.05) is 13.2 Å². The van der Waals surface area contributed by atoms with Gasteiger partial charge in [-0.15, -0.1) is 0 Å². The third kappa shape index (κ3) is 9.89. The molecule has 21 heavy (non-hydrogen) atoms. The molecule has 0 saturated heterocycles. The van der Waals surface area contributed by atoms with Gasteiger partial charge in [0.05, 0.1) is 13.2 Å². The van der Waals surface area contributed by atoms with Crippen molar-refractivity contribution in [3.05, 3.63) is 0 Å². The maximum Gasteiger partial charge on any atom is 0.305 e. The average molecular weight is 300 g/mol. The van der Waals surface area contributed by atoms with Gasteiger partial charge in [-0.25, -0.2) is 0 Å². The van der Waals surface area contributed by atoms with Gasteiger partial charge in [0.15, 0.2) is 0 Å². The van der Waals surface area contributed by atoms with E-state index in [0.717, 1.165) is 25.7 Å². The summed E-state index contributed by atoms with van der Waals surface area (Å²) in [5.41, 5.74) is -0.241. The molecule has 0 heterocycles. The summed E-state index contributed by atoms with van der Waals surface area (Å²) in [4.78, 5) is 11.7. The Balaban J connectivity index is 3.58. The molecule has 3 heteroatoms. The van der Waals surface area contributed by atoms with Gasteiger partial charge >= 0.3 is 5.97 Å². The minimum absolute atomic E-state index is 0.0883. The van der Waals surface area contributed by atoms with Gasteiger partial charge in [0.25, 0.3) is 0 Å². The van der Waals surface area contributed by atoms with Crippen LogP contribution in [0, 0.1) is 5.41 Å². The molecule has 0 aliphatic carbocycles. The van der Waals surface area contributed by atoms with Gasteiger partial charge in [0.1, 0.15) is 0 Å². The number of aliphatic hydroxyl groups excluding tert-OH is 1. The van der Waals surface area contributed by atoms with Crippen LogP contribution in [0.3, 0.4) is 0 Å². The molecule has 1 N–H and O–H groups in total. The van der Waals surface area contributed by atoms with Crippen LogP contribution in [0.15, 0.2) is 0 Å². The van der Waals surface area contributed by atoms with Crippen molar-refractivity contribution in [2.45, 2.75) is 91.4 Å². The Morgan fingerprint density at radius 3 is 1.90 bits per heavy atom. The number of esters is 1. The molecule has 0 spiro atoms. The minimum atomic E-state index is -0.241. The van der Waals surface area contributed by atoms with Gasteiger partial charge in [0.2, 0.25) is 0 Å². The molecule has 126 valence electrons. The summed E-state index contributed by atoms with van der Waals surface area (Å²) < 4.78 is 5.34. The summed E-state index contributed by atoms with van der Waals surface area (Å²) in [6.07, 6.45) is 12.0. The lowest BCUT2D eigenvalue weighted by molar-refractivity contribution is -0.148. The maximum atomic E-state index is 11.7. The summed E-state index contributed by atoms with van der Waals surface area (Å²) in [6, 6.07) is 0. The molecule has 0 aliphatic rings. The SMILES string of the molecule is CCCCCCCCCCC(=O)OCC(CC)(CC)CO. The Kier molecular flexibility index (Phi) is 12.8. The third-order valence-electron chi connectivity index (χ3n) is 4.61. The molecular formula is C18H36O3. The Labute approximate surface area is 131 Å². The highest BCUT2D eigenvalue weighted by atomic mass is 16.5. The van der Waals surface area contributed by atoms with E-state index in [-0.39, 0.29) is 18.0 Å². The Bertz CT molecular complexity index is 239. The molecule has 0 aliphatic heterocycles. The van der Waals surface area contributed by atoms with E-state index in [2.05, 4.69) is 6.92 Å². The van der Waals surface area contributed by atoms with E-state index >= 15 is 0 Å². The average Bonchev–Trinajstić information content (AvgIpc) is 2.52. The van der Waals surface area contributed by atoms with Crippen LogP contribution in [-0.4, -0.2) is 24.3 Å². The molecule has 3 nitrogen and oxygen atoms in total. The van der Waals surface area contributed by atoms with Crippen molar-refractivity contribution < 1.29 is 14.6 Å². The third-order valence-corrected chi connectivity index (χ3v) is 4.61. The zero-order chi connectivity index (χ0) is 16.0. The van der Waals surface area contributed by atoms with Crippen LogP contribution in [0.2, 0.25) is 0 Å². The molecule has 0 rings (SSSR count). The molecule has 0 fully saturated rings. The second kappa shape index (κ2) is 13.1. The van der Waals surface area contributed by atoms with E-state index in [9.17, 15) is 9.90 Å². The second-order valence-corrected chi connectivity index (χ2v) is 6.25. The fourth-order valence-electron chi connectivity index (χ4n) is 2.43. The summed E-state index contributed by atoms with van der Waals surface area (Å²) in [7, 11) is 0. The number of carbonyl (C=O) groups is 1. The number of carbonyl (C=O) groups excluding carboxylic acids is 1. The standard InChI is InChI=1S/C18H36O3/c1-4-7-8-9-10-11-12-13-14-17(20)21-16-18(5-2,6-3)15-19/h19H,4-16H2,1-3H3. The van der Waals surface area contributed by atoms with Crippen molar-refractivity contribution in [2.24, 2.45) is 5.41 Å². The zero-order valence-electron chi connectivity index (χ0n) is 14.5. The smallest absolute Gasteiger partial charge is 0.305 e. The van der Waals surface area contributed by atoms with Crippen molar-refractivity contribution in [3.63, 3.8) is 0 Å². The molecule has 0 radical (unpaired) electrons. The normalized spacial score (nSPS) is 11.6. The lowest BCUT2D eigenvalue weighted by Gasteiger charge is -2.28. The van der Waals surface area contributed by atoms with Crippen LogP contribution in [0.1, 0.15) is 91.4 Å². The summed E-state index contributed by atoms with van der Waals surface area (Å²) in [5.74, 6) is -0.110. The first kappa shape index (κ1) is 20.4. The summed E-state index contributed by atoms with van der Waals surface area (Å²) in [6.45, 7) is 6.74. The van der Waals surface area contributed by atoms with Gasteiger partial charge in [-0.05, 0) is 19.3 Å². The van der Waals surface area contributed by atoms with Crippen LogP contribution in [0.4, 0.5) is 0 Å². The first-order chi connectivity index (χ1) is 10.1. The topological polar surface area (TPSA) is 46.5 Å². The number of ether oxygens (including phenoxy) is 1. The van der Waals surface area contributed by atoms with Crippen molar-refractivity contribution in [1.29, 1.82) is 0 Å². The van der Waals surface area contributed by atoms with E-state index < -0.39 is 0 Å². The Morgan fingerprint density at radius 2 is 1.43 bits per heavy atom. The number of hydrogen-bond donors (Lipinski definition) is 1. The molecule has 0 amide bonds. The zero-order valence-corrected chi connectivity index (χ0v) is 14.5. The Morgan fingerprint density at radius 1 is 0.905 bits per heavy atom. The molecule has 0 unspecified atom stereocenters. The maximum absolute atomic E-state index is 11.7. The van der Waals surface area contributed by atoms with E-state index in [1.165, 1.54) is 38.5 Å². The quantitative estimate of drug-likeness (QED) is 0.368. The number of unbranched alkanes of at least 4 members (excludes halogenated alkanes) is 7. The highest BCUT2D eigenvalue weighted by Gasteiger charge is 2.27. The molecule has 0 saturated carbocycles. The first-order valence-electron chi connectivity index (χ1n) is 8.90. The first-order valence-corrected chi connectivity index (χ1v) is 8.90. The van der Waals surface area contributed by atoms with Crippen LogP contribution >= 0.6 is 0 Å². The molecule has 0 aromatic heterocycles. The van der Waals surface area contributed by atoms with Crippen LogP contribution in [-0.2, 0) is 9.53 Å². The van der Waals surface area contributed by atoms with Gasteiger partial charge in [-0.3, -0.25) is 4.79 Å². The lowest BCUT2D eigenvalue weighted by Crippen LogP contribution is -2.31. The monoisotopic (exact) mass is 300 g/mol. The fraction of sp³-hybridized carbons (Fsp3) is 0.944. The second-order valence-electron chi connectivity index (χ2n) is 6.25. The molecule has 0 bridgehead atoms. The predicted octanol–water partition coefficient (Wildman–Crippen LogP) is 4.86. The number of rotatable bonds is 14. The van der Waals surface area contributed by atoms with Crippen molar-refractivity contribution >= 4 is 5.97 Å². The lowest BCUT2D eigenvalue weighted by atomic mass is 9.84. The molecule has 0 aromatic carbocycles. The highest BCUT2D eigenvalue weighted by Crippen LogP contribution is 2.26. The minimum Gasteiger partial charge on any atom is -0.465 e. The number of aliphatic hydroxyl groups is 1. The van der Waals surface area contributed by atoms with Gasteiger partial charge in [-0.2, -0.15) is 0 Å². The predicted molar refractivity (Wildman–Crippen MR) is 88.3 cm³/mol. The van der Waals surface area contributed by atoms with E-state index in [1.54, 1.807) is 0 Å². The van der Waals surface area contributed by atoms with E-state index in [1.807, 2.05) is 13.8 Å². The Hall–Kier alpha value is -0.570. The van der Waals surface area contributed by atoms with E-state index in [0.29, 0.717) is 13.0 Å². The van der Waals surface area contributed by atoms with Crippen LogP contribution < -0.4 is 0 Å². The van der Waals surface area contributed by atoms with Crippen molar-refractivity contribution in [3.8, 4) is 0 Å². The largest absolute Gasteiger partial charge is 0.465 e. The van der Waals surface area contributed by atoms with Crippen LogP contribution in [0.25, 0.3) is 0 Å². The fourth-order valence-corrected chi connectivity index (χ4v) is 2.43. The van der Waals surface area contributed by atoms with Crippen molar-refractivity contribution in [1.82, 2.24) is 0 Å². The number of hydrogen-bond acceptors (Lipinski definition) is 3. The van der Waals surface area contributed by atoms with Gasteiger partial charge in [-0.1, -0.05) is 65.7 Å². The summed E-state index contributed by atoms with van der Waals surface area (Å²) in [5, 5.41) is 9.43. The van der Waals surface area contributed by atoms with Crippen LogP contribution in [0.5, 0.6) is 0 Å². The van der Waals surface area contributed by atoms with Gasteiger partial charge < -0.3 is 9.84 Å². The summed E-state index contributed by atoms with van der Waals surface area (Å²) >= 11 is 0. The highest BCUT2D eigenvalue weighted by molar-refractivity contribution is 5.69.